The number of non-ortho nitro benzene ring substituents is 1. The molecule has 2 N–H and O–H groups in total. The summed E-state index contributed by atoms with van der Waals surface area (Å²) in [5.41, 5.74) is 0.849. The topological polar surface area (TPSA) is 139 Å². The smallest absolute Gasteiger partial charge is 0.335 e. The van der Waals surface area contributed by atoms with Crippen LogP contribution in [0.2, 0.25) is 0 Å². The van der Waals surface area contributed by atoms with Gasteiger partial charge in [0, 0.05) is 17.7 Å². The number of nitro benzene ring substituents is 1. The van der Waals surface area contributed by atoms with Gasteiger partial charge in [0.1, 0.15) is 0 Å². The maximum atomic E-state index is 10.9. The SMILES string of the molecule is O=C(O)c1cccc(N=Cc2nc(-c3ccc([N+](=O)[O-])cc3)oc2O)c1. The fourth-order valence-electron chi connectivity index (χ4n) is 2.11. The van der Waals surface area contributed by atoms with Crippen molar-refractivity contribution in [2.24, 2.45) is 4.99 Å². The van der Waals surface area contributed by atoms with Gasteiger partial charge in [0.2, 0.25) is 5.89 Å². The van der Waals surface area contributed by atoms with Gasteiger partial charge in [-0.2, -0.15) is 0 Å². The van der Waals surface area contributed by atoms with E-state index in [1.807, 2.05) is 0 Å². The van der Waals surface area contributed by atoms with Crippen molar-refractivity contribution in [3.63, 3.8) is 0 Å². The van der Waals surface area contributed by atoms with E-state index in [2.05, 4.69) is 9.98 Å². The normalized spacial score (nSPS) is 10.9. The molecule has 0 atom stereocenters. The molecule has 0 aliphatic heterocycles. The molecule has 0 fully saturated rings. The summed E-state index contributed by atoms with van der Waals surface area (Å²) >= 11 is 0. The third kappa shape index (κ3) is 3.56. The summed E-state index contributed by atoms with van der Waals surface area (Å²) in [6, 6.07) is 11.4. The van der Waals surface area contributed by atoms with E-state index in [-0.39, 0.29) is 22.8 Å². The molecule has 1 aromatic heterocycles. The second kappa shape index (κ2) is 6.85. The minimum Gasteiger partial charge on any atom is -0.479 e. The number of aromatic carboxylic acids is 1. The predicted octanol–water partition coefficient (Wildman–Crippen LogP) is 3.40. The number of rotatable bonds is 5. The molecule has 0 saturated heterocycles. The number of nitrogens with zero attached hydrogens (tertiary/aromatic N) is 3. The Hall–Kier alpha value is -4.01. The first kappa shape index (κ1) is 16.8. The largest absolute Gasteiger partial charge is 0.479 e. The lowest BCUT2D eigenvalue weighted by molar-refractivity contribution is -0.384. The Morgan fingerprint density at radius 3 is 2.62 bits per heavy atom. The molecule has 3 rings (SSSR count). The number of hydrogen-bond donors (Lipinski definition) is 2. The van der Waals surface area contributed by atoms with E-state index < -0.39 is 16.8 Å². The lowest BCUT2D eigenvalue weighted by Crippen LogP contribution is -1.94. The van der Waals surface area contributed by atoms with E-state index in [4.69, 9.17) is 9.52 Å². The number of hydrogen-bond acceptors (Lipinski definition) is 7. The number of oxazole rings is 1. The van der Waals surface area contributed by atoms with Crippen LogP contribution in [0, 0.1) is 10.1 Å². The first-order chi connectivity index (χ1) is 12.4. The molecule has 3 aromatic rings. The molecule has 0 radical (unpaired) electrons. The molecule has 2 aromatic carbocycles. The van der Waals surface area contributed by atoms with Gasteiger partial charge in [-0.3, -0.25) is 15.1 Å². The third-order valence-electron chi connectivity index (χ3n) is 3.39. The Kier molecular flexibility index (Phi) is 4.44. The van der Waals surface area contributed by atoms with E-state index >= 15 is 0 Å². The van der Waals surface area contributed by atoms with Gasteiger partial charge in [-0.1, -0.05) is 6.07 Å². The molecule has 0 unspecified atom stereocenters. The van der Waals surface area contributed by atoms with E-state index in [1.54, 1.807) is 12.1 Å². The Bertz CT molecular complexity index is 1010. The van der Waals surface area contributed by atoms with Crippen molar-refractivity contribution in [2.75, 3.05) is 0 Å². The summed E-state index contributed by atoms with van der Waals surface area (Å²) in [7, 11) is 0. The lowest BCUT2D eigenvalue weighted by atomic mass is 10.2. The predicted molar refractivity (Wildman–Crippen MR) is 90.9 cm³/mol. The molecular formula is C17H11N3O6. The number of aromatic hydroxyl groups is 1. The molecule has 0 aliphatic rings. The molecule has 0 amide bonds. The van der Waals surface area contributed by atoms with Crippen molar-refractivity contribution in [3.8, 4) is 17.4 Å². The van der Waals surface area contributed by atoms with Crippen molar-refractivity contribution < 1.29 is 24.3 Å². The number of aliphatic imine (C=N–C) groups is 1. The number of carboxylic acid groups (broad SMARTS) is 1. The van der Waals surface area contributed by atoms with E-state index in [0.717, 1.165) is 0 Å². The minimum atomic E-state index is -1.08. The molecule has 0 aliphatic carbocycles. The summed E-state index contributed by atoms with van der Waals surface area (Å²) in [5.74, 6) is -1.48. The van der Waals surface area contributed by atoms with Crippen LogP contribution in [0.25, 0.3) is 11.5 Å². The highest BCUT2D eigenvalue weighted by Gasteiger charge is 2.14. The summed E-state index contributed by atoms with van der Waals surface area (Å²) in [6.07, 6.45) is 1.23. The van der Waals surface area contributed by atoms with Gasteiger partial charge in [0.05, 0.1) is 22.4 Å². The highest BCUT2D eigenvalue weighted by molar-refractivity contribution is 5.89. The number of carboxylic acids is 1. The molecule has 0 saturated carbocycles. The van der Waals surface area contributed by atoms with Gasteiger partial charge < -0.3 is 14.6 Å². The van der Waals surface area contributed by atoms with Crippen LogP contribution in [0.1, 0.15) is 16.1 Å². The number of aromatic nitrogens is 1. The highest BCUT2D eigenvalue weighted by Crippen LogP contribution is 2.27. The molecular weight excluding hydrogens is 342 g/mol. The molecule has 9 heteroatoms. The molecule has 1 heterocycles. The zero-order valence-corrected chi connectivity index (χ0v) is 13.1. The minimum absolute atomic E-state index is 0.0408. The lowest BCUT2D eigenvalue weighted by Gasteiger charge is -1.95. The molecule has 26 heavy (non-hydrogen) atoms. The van der Waals surface area contributed by atoms with Crippen molar-refractivity contribution in [3.05, 3.63) is 69.9 Å². The summed E-state index contributed by atoms with van der Waals surface area (Å²) < 4.78 is 5.14. The second-order valence-electron chi connectivity index (χ2n) is 5.13. The van der Waals surface area contributed by atoms with Gasteiger partial charge in [-0.05, 0) is 30.3 Å². The van der Waals surface area contributed by atoms with Gasteiger partial charge in [0.25, 0.3) is 5.69 Å². The zero-order chi connectivity index (χ0) is 18.7. The fraction of sp³-hybridized carbons (Fsp3) is 0. The van der Waals surface area contributed by atoms with Crippen molar-refractivity contribution in [2.45, 2.75) is 0 Å². The van der Waals surface area contributed by atoms with E-state index in [0.29, 0.717) is 11.3 Å². The average molecular weight is 353 g/mol. The van der Waals surface area contributed by atoms with Crippen LogP contribution in [0.15, 0.2) is 57.9 Å². The standard InChI is InChI=1S/C17H11N3O6/c21-16(22)11-2-1-3-12(8-11)18-9-14-17(23)26-15(19-14)10-4-6-13(7-5-10)20(24)25/h1-9,23H,(H,21,22). The number of nitro groups is 1. The van der Waals surface area contributed by atoms with Crippen molar-refractivity contribution in [1.29, 1.82) is 0 Å². The second-order valence-corrected chi connectivity index (χ2v) is 5.13. The van der Waals surface area contributed by atoms with Crippen LogP contribution in [-0.2, 0) is 0 Å². The quantitative estimate of drug-likeness (QED) is 0.407. The Balaban J connectivity index is 1.85. The fourth-order valence-corrected chi connectivity index (χ4v) is 2.11. The van der Waals surface area contributed by atoms with Crippen LogP contribution < -0.4 is 0 Å². The summed E-state index contributed by atoms with van der Waals surface area (Å²) in [4.78, 5) is 29.2. The van der Waals surface area contributed by atoms with Crippen molar-refractivity contribution >= 4 is 23.6 Å². The van der Waals surface area contributed by atoms with Crippen LogP contribution in [0.5, 0.6) is 5.95 Å². The molecule has 9 nitrogen and oxygen atoms in total. The van der Waals surface area contributed by atoms with Crippen LogP contribution >= 0.6 is 0 Å². The van der Waals surface area contributed by atoms with Gasteiger partial charge in [-0.25, -0.2) is 9.78 Å². The van der Waals surface area contributed by atoms with Crippen LogP contribution in [0.4, 0.5) is 11.4 Å². The maximum Gasteiger partial charge on any atom is 0.335 e. The van der Waals surface area contributed by atoms with Gasteiger partial charge >= 0.3 is 11.9 Å². The van der Waals surface area contributed by atoms with Gasteiger partial charge in [-0.15, -0.1) is 0 Å². The Labute approximate surface area is 146 Å². The number of carbonyl (C=O) groups is 1. The van der Waals surface area contributed by atoms with Crippen LogP contribution in [-0.4, -0.2) is 32.3 Å². The Morgan fingerprint density at radius 2 is 1.96 bits per heavy atom. The summed E-state index contributed by atoms with van der Waals surface area (Å²) in [5, 5.41) is 29.5. The zero-order valence-electron chi connectivity index (χ0n) is 13.1. The monoisotopic (exact) mass is 353 g/mol. The first-order valence-electron chi connectivity index (χ1n) is 7.26. The third-order valence-corrected chi connectivity index (χ3v) is 3.39. The molecule has 0 bridgehead atoms. The average Bonchev–Trinajstić information content (AvgIpc) is 3.01. The number of benzene rings is 2. The van der Waals surface area contributed by atoms with Gasteiger partial charge in [0.15, 0.2) is 5.69 Å². The highest BCUT2D eigenvalue weighted by atomic mass is 16.6. The maximum absolute atomic E-state index is 10.9. The first-order valence-corrected chi connectivity index (χ1v) is 7.26. The summed E-state index contributed by atoms with van der Waals surface area (Å²) in [6.45, 7) is 0. The molecule has 0 spiro atoms. The van der Waals surface area contributed by atoms with Crippen molar-refractivity contribution in [1.82, 2.24) is 4.98 Å². The Morgan fingerprint density at radius 1 is 1.23 bits per heavy atom. The molecule has 130 valence electrons. The van der Waals surface area contributed by atoms with E-state index in [9.17, 15) is 20.0 Å². The van der Waals surface area contributed by atoms with E-state index in [1.165, 1.54) is 42.6 Å². The van der Waals surface area contributed by atoms with Crippen LogP contribution in [0.3, 0.4) is 0 Å².